The average molecular weight is 369 g/mol. The Morgan fingerprint density at radius 3 is 2.61 bits per heavy atom. The number of rotatable bonds is 5. The van der Waals surface area contributed by atoms with Gasteiger partial charge in [0.15, 0.2) is 0 Å². The van der Waals surface area contributed by atoms with Crippen LogP contribution in [0.25, 0.3) is 10.2 Å². The molecule has 0 aliphatic rings. The van der Waals surface area contributed by atoms with Crippen LogP contribution in [0.15, 0.2) is 51.7 Å². The number of sulfone groups is 1. The molecular formula is C16H17ClN2O2S2. The van der Waals surface area contributed by atoms with Gasteiger partial charge in [0.05, 0.1) is 14.8 Å². The number of thiophene rings is 1. The molecule has 0 saturated heterocycles. The summed E-state index contributed by atoms with van der Waals surface area (Å²) in [6.07, 6.45) is 1.73. The highest BCUT2D eigenvalue weighted by Crippen LogP contribution is 2.35. The van der Waals surface area contributed by atoms with Gasteiger partial charge in [-0.15, -0.1) is 11.3 Å². The number of aromatic nitrogens is 1. The summed E-state index contributed by atoms with van der Waals surface area (Å²) in [7, 11) is 0.349. The fraction of sp³-hybridized carbons (Fsp3) is 0.250. The van der Waals surface area contributed by atoms with Gasteiger partial charge in [-0.3, -0.25) is 0 Å². The van der Waals surface area contributed by atoms with Crippen LogP contribution in [0.2, 0.25) is 5.02 Å². The van der Waals surface area contributed by atoms with Crippen LogP contribution < -0.4 is 0 Å². The number of hydrogen-bond acceptors (Lipinski definition) is 4. The second-order valence-electron chi connectivity index (χ2n) is 5.56. The molecule has 0 aliphatic heterocycles. The Bertz CT molecular complexity index is 942. The van der Waals surface area contributed by atoms with Crippen molar-refractivity contribution < 1.29 is 8.42 Å². The summed E-state index contributed by atoms with van der Waals surface area (Å²) in [5.74, 6) is 0. The first kappa shape index (κ1) is 16.5. The molecule has 1 aromatic carbocycles. The molecular weight excluding hydrogens is 352 g/mol. The van der Waals surface area contributed by atoms with Gasteiger partial charge in [0.1, 0.15) is 4.83 Å². The molecule has 122 valence electrons. The lowest BCUT2D eigenvalue weighted by atomic mass is 10.4. The monoisotopic (exact) mass is 368 g/mol. The van der Waals surface area contributed by atoms with Crippen molar-refractivity contribution in [3.05, 3.63) is 46.9 Å². The SMILES string of the molecule is CN(C)CCn1cc(S(=O)(=O)c2ccccc2Cl)c2ccsc21. The van der Waals surface area contributed by atoms with E-state index in [1.165, 1.54) is 0 Å². The summed E-state index contributed by atoms with van der Waals surface area (Å²) in [5, 5.41) is 2.92. The fourth-order valence-corrected chi connectivity index (χ4v) is 5.41. The summed E-state index contributed by atoms with van der Waals surface area (Å²) in [6, 6.07) is 8.42. The molecule has 2 heterocycles. The van der Waals surface area contributed by atoms with Crippen molar-refractivity contribution in [1.29, 1.82) is 0 Å². The second kappa shape index (κ2) is 6.28. The van der Waals surface area contributed by atoms with Crippen LogP contribution >= 0.6 is 22.9 Å². The van der Waals surface area contributed by atoms with Gasteiger partial charge in [-0.05, 0) is 37.7 Å². The Hall–Kier alpha value is -1.34. The van der Waals surface area contributed by atoms with E-state index in [4.69, 9.17) is 11.6 Å². The molecule has 0 aliphatic carbocycles. The minimum Gasteiger partial charge on any atom is -0.337 e. The molecule has 2 aromatic heterocycles. The molecule has 0 spiro atoms. The van der Waals surface area contributed by atoms with Gasteiger partial charge in [-0.1, -0.05) is 23.7 Å². The number of fused-ring (bicyclic) bond motifs is 1. The van der Waals surface area contributed by atoms with E-state index in [0.29, 0.717) is 4.90 Å². The molecule has 4 nitrogen and oxygen atoms in total. The van der Waals surface area contributed by atoms with Crippen LogP contribution in [-0.4, -0.2) is 38.5 Å². The first-order chi connectivity index (χ1) is 10.9. The molecule has 0 fully saturated rings. The van der Waals surface area contributed by atoms with E-state index < -0.39 is 9.84 Å². The number of likely N-dealkylation sites (N-methyl/N-ethyl adjacent to an activating group) is 1. The molecule has 0 radical (unpaired) electrons. The maximum absolute atomic E-state index is 13.0. The van der Waals surface area contributed by atoms with Gasteiger partial charge in [0.2, 0.25) is 9.84 Å². The highest BCUT2D eigenvalue weighted by Gasteiger charge is 2.25. The van der Waals surface area contributed by atoms with Gasteiger partial charge in [-0.2, -0.15) is 0 Å². The topological polar surface area (TPSA) is 42.3 Å². The maximum Gasteiger partial charge on any atom is 0.210 e. The lowest BCUT2D eigenvalue weighted by molar-refractivity contribution is 0.387. The van der Waals surface area contributed by atoms with E-state index in [0.717, 1.165) is 23.3 Å². The van der Waals surface area contributed by atoms with Crippen LogP contribution in [0.3, 0.4) is 0 Å². The quantitative estimate of drug-likeness (QED) is 0.688. The molecule has 0 atom stereocenters. The molecule has 3 aromatic rings. The van der Waals surface area contributed by atoms with Crippen LogP contribution in [-0.2, 0) is 16.4 Å². The minimum absolute atomic E-state index is 0.152. The third kappa shape index (κ3) is 3.04. The van der Waals surface area contributed by atoms with Crippen molar-refractivity contribution in [2.45, 2.75) is 16.3 Å². The van der Waals surface area contributed by atoms with Crippen LogP contribution in [0.1, 0.15) is 0 Å². The molecule has 7 heteroatoms. The number of halogens is 1. The Balaban J connectivity index is 2.13. The van der Waals surface area contributed by atoms with Gasteiger partial charge in [0.25, 0.3) is 0 Å². The van der Waals surface area contributed by atoms with Crippen molar-refractivity contribution in [1.82, 2.24) is 9.47 Å². The van der Waals surface area contributed by atoms with E-state index in [9.17, 15) is 8.42 Å². The highest BCUT2D eigenvalue weighted by atomic mass is 35.5. The standard InChI is InChI=1S/C16H17ClN2O2S2/c1-18(2)8-9-19-11-15(12-7-10-22-16(12)19)23(20,21)14-6-4-3-5-13(14)17/h3-7,10-11H,8-9H2,1-2H3. The first-order valence-electron chi connectivity index (χ1n) is 7.12. The van der Waals surface area contributed by atoms with Crippen molar-refractivity contribution in [3.63, 3.8) is 0 Å². The van der Waals surface area contributed by atoms with Gasteiger partial charge in [-0.25, -0.2) is 8.42 Å². The summed E-state index contributed by atoms with van der Waals surface area (Å²) in [4.78, 5) is 3.51. The van der Waals surface area contributed by atoms with E-state index >= 15 is 0 Å². The molecule has 23 heavy (non-hydrogen) atoms. The summed E-state index contributed by atoms with van der Waals surface area (Å²) in [6.45, 7) is 1.58. The summed E-state index contributed by atoms with van der Waals surface area (Å²) < 4.78 is 28.0. The highest BCUT2D eigenvalue weighted by molar-refractivity contribution is 7.91. The van der Waals surface area contributed by atoms with Crippen molar-refractivity contribution in [3.8, 4) is 0 Å². The molecule has 0 N–H and O–H groups in total. The predicted molar refractivity (Wildman–Crippen MR) is 95.3 cm³/mol. The zero-order valence-electron chi connectivity index (χ0n) is 12.9. The van der Waals surface area contributed by atoms with Crippen molar-refractivity contribution in [2.75, 3.05) is 20.6 Å². The molecule has 0 bridgehead atoms. The number of hydrogen-bond donors (Lipinski definition) is 0. The normalized spacial score (nSPS) is 12.3. The molecule has 3 rings (SSSR count). The Kier molecular flexibility index (Phi) is 4.51. The maximum atomic E-state index is 13.0. The zero-order valence-corrected chi connectivity index (χ0v) is 15.2. The molecule has 0 unspecified atom stereocenters. The molecule has 0 saturated carbocycles. The van der Waals surface area contributed by atoms with E-state index in [1.807, 2.05) is 30.1 Å². The Morgan fingerprint density at radius 2 is 1.91 bits per heavy atom. The average Bonchev–Trinajstić information content (AvgIpc) is 3.07. The third-order valence-electron chi connectivity index (χ3n) is 3.65. The van der Waals surface area contributed by atoms with E-state index in [2.05, 4.69) is 4.90 Å². The fourth-order valence-electron chi connectivity index (χ4n) is 2.45. The minimum atomic E-state index is -3.64. The smallest absolute Gasteiger partial charge is 0.210 e. The van der Waals surface area contributed by atoms with Gasteiger partial charge >= 0.3 is 0 Å². The predicted octanol–water partition coefficient (Wildman–Crippen LogP) is 3.75. The van der Waals surface area contributed by atoms with Crippen LogP contribution in [0.4, 0.5) is 0 Å². The lowest BCUT2D eigenvalue weighted by Crippen LogP contribution is -2.17. The Labute approximate surface area is 144 Å². The van der Waals surface area contributed by atoms with Crippen molar-refractivity contribution in [2.24, 2.45) is 0 Å². The summed E-state index contributed by atoms with van der Waals surface area (Å²) in [5.41, 5.74) is 0. The van der Waals surface area contributed by atoms with Crippen molar-refractivity contribution >= 4 is 43.0 Å². The number of nitrogens with zero attached hydrogens (tertiary/aromatic N) is 2. The molecule has 0 amide bonds. The Morgan fingerprint density at radius 1 is 1.17 bits per heavy atom. The van der Waals surface area contributed by atoms with Gasteiger partial charge < -0.3 is 9.47 Å². The van der Waals surface area contributed by atoms with E-state index in [1.54, 1.807) is 41.8 Å². The largest absolute Gasteiger partial charge is 0.337 e. The van der Waals surface area contributed by atoms with Gasteiger partial charge in [0, 0.05) is 24.7 Å². The lowest BCUT2D eigenvalue weighted by Gasteiger charge is -2.10. The first-order valence-corrected chi connectivity index (χ1v) is 9.86. The number of benzene rings is 1. The zero-order chi connectivity index (χ0) is 16.6. The van der Waals surface area contributed by atoms with Crippen LogP contribution in [0.5, 0.6) is 0 Å². The second-order valence-corrected chi connectivity index (χ2v) is 8.75. The van der Waals surface area contributed by atoms with E-state index in [-0.39, 0.29) is 9.92 Å². The summed E-state index contributed by atoms with van der Waals surface area (Å²) >= 11 is 7.65. The third-order valence-corrected chi connectivity index (χ3v) is 6.88. The van der Waals surface area contributed by atoms with Crippen LogP contribution in [0, 0.1) is 0 Å².